The first-order chi connectivity index (χ1) is 7.29. The first kappa shape index (κ1) is 10.2. The van der Waals surface area contributed by atoms with Gasteiger partial charge >= 0.3 is 0 Å². The molecule has 1 fully saturated rings. The number of rotatable bonds is 3. The van der Waals surface area contributed by atoms with Crippen LogP contribution < -0.4 is 10.6 Å². The molecule has 4 heteroatoms. The third kappa shape index (κ3) is 2.39. The van der Waals surface area contributed by atoms with Crippen LogP contribution in [0, 0.1) is 5.92 Å². The molecule has 15 heavy (non-hydrogen) atoms. The molecular formula is C11H17N3O. The predicted molar refractivity (Wildman–Crippen MR) is 60.7 cm³/mol. The average molecular weight is 207 g/mol. The number of aliphatic hydroxyl groups is 1. The van der Waals surface area contributed by atoms with Gasteiger partial charge in [-0.2, -0.15) is 0 Å². The van der Waals surface area contributed by atoms with Gasteiger partial charge in [-0.15, -0.1) is 0 Å². The van der Waals surface area contributed by atoms with Crippen molar-refractivity contribution in [1.82, 2.24) is 4.98 Å². The maximum absolute atomic E-state index is 8.87. The second kappa shape index (κ2) is 4.49. The lowest BCUT2D eigenvalue weighted by Gasteiger charge is -2.17. The number of nitrogen functional groups attached to an aromatic ring is 1. The van der Waals surface area contributed by atoms with Crippen molar-refractivity contribution in [3.05, 3.63) is 18.3 Å². The van der Waals surface area contributed by atoms with Gasteiger partial charge in [-0.3, -0.25) is 0 Å². The largest absolute Gasteiger partial charge is 0.397 e. The zero-order valence-electron chi connectivity index (χ0n) is 8.76. The Hall–Kier alpha value is -1.29. The number of pyridine rings is 1. The van der Waals surface area contributed by atoms with Crippen LogP contribution in [0.3, 0.4) is 0 Å². The highest BCUT2D eigenvalue weighted by Crippen LogP contribution is 2.24. The Kier molecular flexibility index (Phi) is 3.06. The van der Waals surface area contributed by atoms with Crippen LogP contribution in [-0.4, -0.2) is 29.8 Å². The normalized spacial score (nSPS) is 20.9. The lowest BCUT2D eigenvalue weighted by Crippen LogP contribution is -2.20. The summed E-state index contributed by atoms with van der Waals surface area (Å²) in [6.07, 6.45) is 3.73. The van der Waals surface area contributed by atoms with Gasteiger partial charge in [0.1, 0.15) is 5.82 Å². The van der Waals surface area contributed by atoms with E-state index >= 15 is 0 Å². The Morgan fingerprint density at radius 3 is 3.07 bits per heavy atom. The van der Waals surface area contributed by atoms with Gasteiger partial charge in [-0.1, -0.05) is 0 Å². The van der Waals surface area contributed by atoms with Crippen LogP contribution in [0.1, 0.15) is 12.8 Å². The number of aromatic nitrogens is 1. The molecule has 0 aromatic carbocycles. The van der Waals surface area contributed by atoms with E-state index in [4.69, 9.17) is 10.8 Å². The molecule has 1 atom stereocenters. The fourth-order valence-corrected chi connectivity index (χ4v) is 2.04. The zero-order valence-corrected chi connectivity index (χ0v) is 8.76. The Morgan fingerprint density at radius 1 is 1.53 bits per heavy atom. The summed E-state index contributed by atoms with van der Waals surface area (Å²) in [5.74, 6) is 1.60. The molecule has 0 bridgehead atoms. The minimum atomic E-state index is 0.285. The Bertz CT molecular complexity index is 312. The summed E-state index contributed by atoms with van der Waals surface area (Å²) >= 11 is 0. The molecule has 1 saturated heterocycles. The summed E-state index contributed by atoms with van der Waals surface area (Å²) in [7, 11) is 0. The molecule has 1 unspecified atom stereocenters. The third-order valence-electron chi connectivity index (χ3n) is 2.92. The van der Waals surface area contributed by atoms with Crippen LogP contribution in [-0.2, 0) is 0 Å². The van der Waals surface area contributed by atoms with Gasteiger partial charge in [0.15, 0.2) is 0 Å². The van der Waals surface area contributed by atoms with Crippen molar-refractivity contribution >= 4 is 11.5 Å². The molecule has 0 amide bonds. The van der Waals surface area contributed by atoms with Crippen LogP contribution >= 0.6 is 0 Å². The van der Waals surface area contributed by atoms with E-state index in [0.29, 0.717) is 11.6 Å². The molecule has 2 rings (SSSR count). The average Bonchev–Trinajstić information content (AvgIpc) is 2.68. The van der Waals surface area contributed by atoms with Crippen molar-refractivity contribution in [2.45, 2.75) is 12.8 Å². The van der Waals surface area contributed by atoms with E-state index in [1.54, 1.807) is 6.20 Å². The van der Waals surface area contributed by atoms with Crippen molar-refractivity contribution in [3.63, 3.8) is 0 Å². The van der Waals surface area contributed by atoms with Crippen molar-refractivity contribution < 1.29 is 5.11 Å². The highest BCUT2D eigenvalue weighted by molar-refractivity contribution is 5.46. The summed E-state index contributed by atoms with van der Waals surface area (Å²) in [5, 5.41) is 8.87. The van der Waals surface area contributed by atoms with Crippen LogP contribution in [0.5, 0.6) is 0 Å². The predicted octanol–water partition coefficient (Wildman–Crippen LogP) is 0.872. The van der Waals surface area contributed by atoms with Crippen molar-refractivity contribution in [1.29, 1.82) is 0 Å². The number of hydrogen-bond donors (Lipinski definition) is 2. The fourth-order valence-electron chi connectivity index (χ4n) is 2.04. The van der Waals surface area contributed by atoms with E-state index in [-0.39, 0.29) is 6.61 Å². The second-order valence-electron chi connectivity index (χ2n) is 4.06. The van der Waals surface area contributed by atoms with E-state index in [0.717, 1.165) is 31.7 Å². The summed E-state index contributed by atoms with van der Waals surface area (Å²) in [6.45, 7) is 2.31. The molecule has 82 valence electrons. The maximum Gasteiger partial charge on any atom is 0.128 e. The van der Waals surface area contributed by atoms with Gasteiger partial charge in [0.05, 0.1) is 11.9 Å². The van der Waals surface area contributed by atoms with E-state index in [9.17, 15) is 0 Å². The first-order valence-corrected chi connectivity index (χ1v) is 5.37. The van der Waals surface area contributed by atoms with E-state index in [1.807, 2.05) is 12.1 Å². The molecule has 3 N–H and O–H groups in total. The summed E-state index contributed by atoms with van der Waals surface area (Å²) < 4.78 is 0. The lowest BCUT2D eigenvalue weighted by molar-refractivity contribution is 0.263. The first-order valence-electron chi connectivity index (χ1n) is 5.37. The number of anilines is 2. The second-order valence-corrected chi connectivity index (χ2v) is 4.06. The minimum absolute atomic E-state index is 0.285. The molecule has 1 aliphatic heterocycles. The van der Waals surface area contributed by atoms with Crippen LogP contribution in [0.25, 0.3) is 0 Å². The molecule has 0 radical (unpaired) electrons. The van der Waals surface area contributed by atoms with Gasteiger partial charge in [-0.25, -0.2) is 4.98 Å². The zero-order chi connectivity index (χ0) is 10.7. The monoisotopic (exact) mass is 207 g/mol. The van der Waals surface area contributed by atoms with Crippen molar-refractivity contribution in [2.24, 2.45) is 5.92 Å². The van der Waals surface area contributed by atoms with Crippen molar-refractivity contribution in [3.8, 4) is 0 Å². The van der Waals surface area contributed by atoms with E-state index in [2.05, 4.69) is 9.88 Å². The fraction of sp³-hybridized carbons (Fsp3) is 0.545. The number of hydrogen-bond acceptors (Lipinski definition) is 4. The molecule has 0 aliphatic carbocycles. The maximum atomic E-state index is 8.87. The van der Waals surface area contributed by atoms with Crippen LogP contribution in [0.15, 0.2) is 18.3 Å². The molecule has 1 aromatic rings. The molecule has 1 aromatic heterocycles. The van der Waals surface area contributed by atoms with Gasteiger partial charge < -0.3 is 15.7 Å². The van der Waals surface area contributed by atoms with Crippen LogP contribution in [0.2, 0.25) is 0 Å². The van der Waals surface area contributed by atoms with Gasteiger partial charge in [0.2, 0.25) is 0 Å². The van der Waals surface area contributed by atoms with Crippen LogP contribution in [0.4, 0.5) is 11.5 Å². The Morgan fingerprint density at radius 2 is 2.40 bits per heavy atom. The Labute approximate surface area is 89.7 Å². The number of aliphatic hydroxyl groups excluding tert-OH is 1. The summed E-state index contributed by atoms with van der Waals surface area (Å²) in [4.78, 5) is 6.54. The smallest absolute Gasteiger partial charge is 0.128 e. The molecule has 0 spiro atoms. The molecule has 4 nitrogen and oxygen atoms in total. The summed E-state index contributed by atoms with van der Waals surface area (Å²) in [6, 6.07) is 3.83. The topological polar surface area (TPSA) is 62.4 Å². The van der Waals surface area contributed by atoms with Gasteiger partial charge in [-0.05, 0) is 30.9 Å². The third-order valence-corrected chi connectivity index (χ3v) is 2.92. The van der Waals surface area contributed by atoms with E-state index in [1.165, 1.54) is 0 Å². The SMILES string of the molecule is Nc1ccc(N2CCC(CCO)C2)nc1. The Balaban J connectivity index is 1.98. The molecule has 1 aliphatic rings. The van der Waals surface area contributed by atoms with Gasteiger partial charge in [0, 0.05) is 19.7 Å². The molecule has 2 heterocycles. The quantitative estimate of drug-likeness (QED) is 0.772. The highest BCUT2D eigenvalue weighted by Gasteiger charge is 2.22. The number of nitrogens with two attached hydrogens (primary N) is 1. The molecule has 0 saturated carbocycles. The minimum Gasteiger partial charge on any atom is -0.397 e. The lowest BCUT2D eigenvalue weighted by atomic mass is 10.1. The summed E-state index contributed by atoms with van der Waals surface area (Å²) in [5.41, 5.74) is 6.29. The van der Waals surface area contributed by atoms with Gasteiger partial charge in [0.25, 0.3) is 0 Å². The number of nitrogens with zero attached hydrogens (tertiary/aromatic N) is 2. The standard InChI is InChI=1S/C11H17N3O/c12-10-1-2-11(13-7-10)14-5-3-9(8-14)4-6-15/h1-2,7,9,15H,3-6,8,12H2. The highest BCUT2D eigenvalue weighted by atomic mass is 16.3. The van der Waals surface area contributed by atoms with Crippen molar-refractivity contribution in [2.75, 3.05) is 30.3 Å². The van der Waals surface area contributed by atoms with E-state index < -0.39 is 0 Å². The molecular weight excluding hydrogens is 190 g/mol.